The molecular weight excluding hydrogens is 300 g/mol. The first kappa shape index (κ1) is 14.6. The molecule has 0 unspecified atom stereocenters. The zero-order chi connectivity index (χ0) is 15.7. The van der Waals surface area contributed by atoms with Crippen LogP contribution in [0.2, 0.25) is 0 Å². The number of aromatic nitrogens is 2. The van der Waals surface area contributed by atoms with E-state index in [-0.39, 0.29) is 5.56 Å². The normalized spacial score (nSPS) is 10.9. The molecule has 0 radical (unpaired) electrons. The highest BCUT2D eigenvalue weighted by Gasteiger charge is 2.09. The fourth-order valence-corrected chi connectivity index (χ4v) is 3.26. The predicted octanol–water partition coefficient (Wildman–Crippen LogP) is 2.90. The summed E-state index contributed by atoms with van der Waals surface area (Å²) in [6.45, 7) is 1.97. The Morgan fingerprint density at radius 2 is 1.95 bits per heavy atom. The lowest BCUT2D eigenvalue weighted by Crippen LogP contribution is -2.11. The molecule has 22 heavy (non-hydrogen) atoms. The lowest BCUT2D eigenvalue weighted by atomic mass is 10.1. The lowest BCUT2D eigenvalue weighted by molar-refractivity contribution is 0.354. The summed E-state index contributed by atoms with van der Waals surface area (Å²) in [6, 6.07) is 7.54. The number of aryl methyl sites for hydroxylation is 1. The molecule has 0 aliphatic rings. The lowest BCUT2D eigenvalue weighted by Gasteiger charge is -2.09. The van der Waals surface area contributed by atoms with Crippen LogP contribution in [0.15, 0.2) is 29.1 Å². The Labute approximate surface area is 131 Å². The van der Waals surface area contributed by atoms with Crippen LogP contribution in [0.1, 0.15) is 16.3 Å². The summed E-state index contributed by atoms with van der Waals surface area (Å²) in [7, 11) is 3.20. The van der Waals surface area contributed by atoms with Crippen molar-refractivity contribution < 1.29 is 9.47 Å². The van der Waals surface area contributed by atoms with Gasteiger partial charge in [-0.2, -0.15) is 0 Å². The zero-order valence-corrected chi connectivity index (χ0v) is 13.4. The van der Waals surface area contributed by atoms with E-state index >= 15 is 0 Å². The van der Waals surface area contributed by atoms with Crippen molar-refractivity contribution in [1.82, 2.24) is 9.97 Å². The monoisotopic (exact) mass is 316 g/mol. The van der Waals surface area contributed by atoms with E-state index in [1.807, 2.05) is 31.2 Å². The van der Waals surface area contributed by atoms with Gasteiger partial charge in [0.1, 0.15) is 10.7 Å². The van der Waals surface area contributed by atoms with Gasteiger partial charge in [0.15, 0.2) is 11.5 Å². The fraction of sp³-hybridized carbons (Fsp3) is 0.250. The highest BCUT2D eigenvalue weighted by Crippen LogP contribution is 2.28. The minimum absolute atomic E-state index is 0.0928. The fourth-order valence-electron chi connectivity index (χ4n) is 2.36. The van der Waals surface area contributed by atoms with Crippen LogP contribution in [0.5, 0.6) is 11.5 Å². The summed E-state index contributed by atoms with van der Waals surface area (Å²) in [5, 5.41) is 0.651. The molecule has 0 amide bonds. The summed E-state index contributed by atoms with van der Waals surface area (Å²) < 4.78 is 10.5. The van der Waals surface area contributed by atoms with Crippen molar-refractivity contribution in [2.45, 2.75) is 13.3 Å². The molecule has 0 saturated carbocycles. The minimum Gasteiger partial charge on any atom is -0.493 e. The largest absolute Gasteiger partial charge is 0.493 e. The van der Waals surface area contributed by atoms with Gasteiger partial charge in [0.25, 0.3) is 5.56 Å². The third-order valence-corrected chi connectivity index (χ3v) is 4.34. The second kappa shape index (κ2) is 5.81. The van der Waals surface area contributed by atoms with E-state index in [1.165, 1.54) is 11.3 Å². The molecule has 3 rings (SSSR count). The molecule has 1 N–H and O–H groups in total. The minimum atomic E-state index is -0.0928. The molecule has 0 aliphatic carbocycles. The third kappa shape index (κ3) is 2.69. The molecule has 0 fully saturated rings. The molecule has 1 aromatic carbocycles. The number of fused-ring (bicyclic) bond motifs is 1. The second-order valence-corrected chi connectivity index (χ2v) is 6.19. The van der Waals surface area contributed by atoms with Gasteiger partial charge < -0.3 is 14.5 Å². The van der Waals surface area contributed by atoms with Crippen molar-refractivity contribution >= 4 is 21.6 Å². The van der Waals surface area contributed by atoms with Gasteiger partial charge in [-0.3, -0.25) is 4.79 Å². The van der Waals surface area contributed by atoms with Gasteiger partial charge in [-0.15, -0.1) is 11.3 Å². The number of hydrogen-bond acceptors (Lipinski definition) is 5. The van der Waals surface area contributed by atoms with Gasteiger partial charge in [0, 0.05) is 11.3 Å². The number of nitrogens with one attached hydrogen (secondary N) is 1. The van der Waals surface area contributed by atoms with Crippen LogP contribution in [0.3, 0.4) is 0 Å². The number of benzene rings is 1. The van der Waals surface area contributed by atoms with Crippen LogP contribution >= 0.6 is 11.3 Å². The molecule has 114 valence electrons. The Hall–Kier alpha value is -2.34. The Morgan fingerprint density at radius 3 is 2.68 bits per heavy atom. The molecule has 5 nitrogen and oxygen atoms in total. The van der Waals surface area contributed by atoms with Crippen LogP contribution in [0.4, 0.5) is 0 Å². The highest BCUT2D eigenvalue weighted by atomic mass is 32.1. The Morgan fingerprint density at radius 1 is 1.18 bits per heavy atom. The number of hydrogen-bond donors (Lipinski definition) is 1. The van der Waals surface area contributed by atoms with Gasteiger partial charge in [0.2, 0.25) is 0 Å². The average Bonchev–Trinajstić information content (AvgIpc) is 2.88. The average molecular weight is 316 g/mol. The first-order valence-electron chi connectivity index (χ1n) is 6.81. The van der Waals surface area contributed by atoms with E-state index in [1.54, 1.807) is 14.2 Å². The number of ether oxygens (including phenoxy) is 2. The van der Waals surface area contributed by atoms with E-state index in [0.717, 1.165) is 15.3 Å². The molecular formula is C16H16N2O3S. The van der Waals surface area contributed by atoms with Crippen molar-refractivity contribution in [1.29, 1.82) is 0 Å². The Kier molecular flexibility index (Phi) is 3.85. The summed E-state index contributed by atoms with van der Waals surface area (Å²) in [5.74, 6) is 1.99. The number of H-pyrrole nitrogens is 1. The van der Waals surface area contributed by atoms with E-state index in [2.05, 4.69) is 9.97 Å². The smallest absolute Gasteiger partial charge is 0.259 e. The summed E-state index contributed by atoms with van der Waals surface area (Å²) >= 11 is 1.53. The topological polar surface area (TPSA) is 64.2 Å². The molecule has 3 aromatic rings. The molecule has 0 aliphatic heterocycles. The van der Waals surface area contributed by atoms with Gasteiger partial charge in [-0.25, -0.2) is 4.98 Å². The quantitative estimate of drug-likeness (QED) is 0.804. The van der Waals surface area contributed by atoms with Gasteiger partial charge in [-0.1, -0.05) is 6.07 Å². The molecule has 0 spiro atoms. The molecule has 6 heteroatoms. The van der Waals surface area contributed by atoms with Crippen molar-refractivity contribution in [3.63, 3.8) is 0 Å². The van der Waals surface area contributed by atoms with Gasteiger partial charge in [0.05, 0.1) is 19.6 Å². The maximum Gasteiger partial charge on any atom is 0.259 e. The first-order valence-corrected chi connectivity index (χ1v) is 7.62. The molecule has 0 saturated heterocycles. The van der Waals surface area contributed by atoms with Gasteiger partial charge in [-0.05, 0) is 30.7 Å². The molecule has 2 aromatic heterocycles. The summed E-state index contributed by atoms with van der Waals surface area (Å²) in [4.78, 5) is 21.3. The van der Waals surface area contributed by atoms with E-state index < -0.39 is 0 Å². The van der Waals surface area contributed by atoms with Crippen molar-refractivity contribution in [3.8, 4) is 11.5 Å². The number of nitrogens with zero attached hydrogens (tertiary/aromatic N) is 1. The predicted molar refractivity (Wildman–Crippen MR) is 87.3 cm³/mol. The first-order chi connectivity index (χ1) is 10.6. The van der Waals surface area contributed by atoms with Crippen LogP contribution in [-0.2, 0) is 6.42 Å². The molecule has 2 heterocycles. The zero-order valence-electron chi connectivity index (χ0n) is 12.6. The van der Waals surface area contributed by atoms with Crippen LogP contribution < -0.4 is 15.0 Å². The number of methoxy groups -OCH3 is 2. The van der Waals surface area contributed by atoms with Crippen molar-refractivity contribution in [2.24, 2.45) is 0 Å². The van der Waals surface area contributed by atoms with Crippen LogP contribution in [-0.4, -0.2) is 24.2 Å². The highest BCUT2D eigenvalue weighted by molar-refractivity contribution is 7.18. The Bertz CT molecular complexity index is 883. The number of thiophene rings is 1. The van der Waals surface area contributed by atoms with E-state index in [0.29, 0.717) is 29.1 Å². The maximum absolute atomic E-state index is 12.1. The SMILES string of the molecule is COc1ccc(Cc2nc3sc(C)cc3c(=O)[nH]2)cc1OC. The number of rotatable bonds is 4. The third-order valence-electron chi connectivity index (χ3n) is 3.39. The second-order valence-electron chi connectivity index (χ2n) is 4.95. The van der Waals surface area contributed by atoms with E-state index in [4.69, 9.17) is 9.47 Å². The molecule has 0 bridgehead atoms. The maximum atomic E-state index is 12.1. The Balaban J connectivity index is 1.97. The standard InChI is InChI=1S/C16H16N2O3S/c1-9-6-11-15(19)17-14(18-16(11)22-9)8-10-4-5-12(20-2)13(7-10)21-3/h4-7H,8H2,1-3H3,(H,17,18,19). The molecule has 0 atom stereocenters. The van der Waals surface area contributed by atoms with Crippen molar-refractivity contribution in [3.05, 3.63) is 50.9 Å². The number of aromatic amines is 1. The summed E-state index contributed by atoms with van der Waals surface area (Å²) in [5.41, 5.74) is 0.901. The van der Waals surface area contributed by atoms with E-state index in [9.17, 15) is 4.79 Å². The summed E-state index contributed by atoms with van der Waals surface area (Å²) in [6.07, 6.45) is 0.530. The van der Waals surface area contributed by atoms with Gasteiger partial charge >= 0.3 is 0 Å². The van der Waals surface area contributed by atoms with Crippen LogP contribution in [0.25, 0.3) is 10.2 Å². The van der Waals surface area contributed by atoms with Crippen molar-refractivity contribution in [2.75, 3.05) is 14.2 Å². The van der Waals surface area contributed by atoms with Crippen LogP contribution in [0, 0.1) is 6.92 Å².